The Labute approximate surface area is 93.8 Å². The maximum absolute atomic E-state index is 5.99. The molecule has 1 rings (SSSR count). The van der Waals surface area contributed by atoms with Crippen LogP contribution >= 0.6 is 0 Å². The zero-order valence-corrected chi connectivity index (χ0v) is 10.2. The highest BCUT2D eigenvalue weighted by Gasteiger charge is 2.30. The molecule has 0 heterocycles. The second kappa shape index (κ2) is 6.46. The molecule has 1 atom stereocenters. The molecular weight excluding hydrogens is 188 g/mol. The summed E-state index contributed by atoms with van der Waals surface area (Å²) in [6.45, 7) is 5.26. The lowest BCUT2D eigenvalue weighted by atomic mass is 9.70. The van der Waals surface area contributed by atoms with Crippen molar-refractivity contribution in [3.05, 3.63) is 0 Å². The summed E-state index contributed by atoms with van der Waals surface area (Å²) in [7, 11) is 1.74. The predicted octanol–water partition coefficient (Wildman–Crippen LogP) is 1.52. The first-order valence-electron chi connectivity index (χ1n) is 6.11. The molecule has 3 heteroatoms. The molecular formula is C12H26N2O. The van der Waals surface area contributed by atoms with Crippen LogP contribution in [0.4, 0.5) is 0 Å². The molecule has 0 saturated heterocycles. The Morgan fingerprint density at radius 2 is 2.20 bits per heavy atom. The summed E-state index contributed by atoms with van der Waals surface area (Å²) in [6, 6.07) is 0.281. The van der Waals surface area contributed by atoms with Gasteiger partial charge in [0.1, 0.15) is 0 Å². The van der Waals surface area contributed by atoms with Crippen LogP contribution < -0.4 is 11.1 Å². The van der Waals surface area contributed by atoms with Crippen molar-refractivity contribution in [2.75, 3.05) is 26.8 Å². The summed E-state index contributed by atoms with van der Waals surface area (Å²) in [5.41, 5.74) is 6.55. The van der Waals surface area contributed by atoms with Gasteiger partial charge in [-0.05, 0) is 31.1 Å². The number of nitrogens with two attached hydrogens (primary N) is 1. The number of nitrogens with one attached hydrogen (secondary N) is 1. The largest absolute Gasteiger partial charge is 0.385 e. The van der Waals surface area contributed by atoms with Crippen molar-refractivity contribution < 1.29 is 4.74 Å². The molecule has 0 radical (unpaired) electrons. The summed E-state index contributed by atoms with van der Waals surface area (Å²) in [4.78, 5) is 0. The Morgan fingerprint density at radius 3 is 2.73 bits per heavy atom. The minimum atomic E-state index is 0.281. The number of hydrogen-bond acceptors (Lipinski definition) is 3. The van der Waals surface area contributed by atoms with Gasteiger partial charge in [0.05, 0.1) is 0 Å². The Kier molecular flexibility index (Phi) is 5.58. The fourth-order valence-electron chi connectivity index (χ4n) is 2.11. The first-order chi connectivity index (χ1) is 7.16. The molecule has 3 N–H and O–H groups in total. The summed E-state index contributed by atoms with van der Waals surface area (Å²) in [6.07, 6.45) is 6.27. The van der Waals surface area contributed by atoms with E-state index < -0.39 is 0 Å². The normalized spacial score (nSPS) is 21.0. The smallest absolute Gasteiger partial charge is 0.0462 e. The minimum absolute atomic E-state index is 0.281. The van der Waals surface area contributed by atoms with E-state index in [1.807, 2.05) is 0 Å². The predicted molar refractivity (Wildman–Crippen MR) is 63.9 cm³/mol. The van der Waals surface area contributed by atoms with Gasteiger partial charge in [0, 0.05) is 32.8 Å². The molecule has 0 spiro atoms. The van der Waals surface area contributed by atoms with Gasteiger partial charge in [0.15, 0.2) is 0 Å². The lowest BCUT2D eigenvalue weighted by Crippen LogP contribution is -2.42. The van der Waals surface area contributed by atoms with Crippen molar-refractivity contribution in [2.45, 2.75) is 45.1 Å². The van der Waals surface area contributed by atoms with E-state index >= 15 is 0 Å². The van der Waals surface area contributed by atoms with Gasteiger partial charge < -0.3 is 15.8 Å². The monoisotopic (exact) mass is 214 g/mol. The van der Waals surface area contributed by atoms with Gasteiger partial charge in [-0.25, -0.2) is 0 Å². The Bertz CT molecular complexity index is 169. The van der Waals surface area contributed by atoms with Crippen LogP contribution in [-0.2, 0) is 4.74 Å². The Hall–Kier alpha value is -0.120. The number of ether oxygens (including phenoxy) is 1. The van der Waals surface area contributed by atoms with E-state index in [9.17, 15) is 0 Å². The van der Waals surface area contributed by atoms with Gasteiger partial charge in [0.2, 0.25) is 0 Å². The highest BCUT2D eigenvalue weighted by atomic mass is 16.5. The zero-order valence-electron chi connectivity index (χ0n) is 10.2. The molecule has 1 aliphatic rings. The highest BCUT2D eigenvalue weighted by molar-refractivity contribution is 4.85. The van der Waals surface area contributed by atoms with Crippen molar-refractivity contribution >= 4 is 0 Å². The van der Waals surface area contributed by atoms with Crippen molar-refractivity contribution in [2.24, 2.45) is 11.1 Å². The molecule has 3 nitrogen and oxygen atoms in total. The van der Waals surface area contributed by atoms with Crippen molar-refractivity contribution in [3.8, 4) is 0 Å². The molecule has 0 amide bonds. The molecule has 0 aromatic carbocycles. The van der Waals surface area contributed by atoms with Gasteiger partial charge in [-0.3, -0.25) is 0 Å². The van der Waals surface area contributed by atoms with E-state index in [0.29, 0.717) is 5.41 Å². The third-order valence-corrected chi connectivity index (χ3v) is 3.44. The maximum atomic E-state index is 5.99. The average Bonchev–Trinajstić information content (AvgIpc) is 2.16. The molecule has 1 saturated carbocycles. The fraction of sp³-hybridized carbons (Fsp3) is 1.00. The highest BCUT2D eigenvalue weighted by Crippen LogP contribution is 2.39. The van der Waals surface area contributed by atoms with E-state index in [2.05, 4.69) is 12.2 Å². The van der Waals surface area contributed by atoms with Crippen molar-refractivity contribution in [1.82, 2.24) is 5.32 Å². The standard InChI is InChI=1S/C12H26N2O/c1-12(6-4-7-12)10-14-9-11(13)5-3-8-15-2/h11,14H,3-10,13H2,1-2H3. The van der Waals surface area contributed by atoms with Gasteiger partial charge in [-0.2, -0.15) is 0 Å². The van der Waals surface area contributed by atoms with Crippen LogP contribution in [0, 0.1) is 5.41 Å². The van der Waals surface area contributed by atoms with E-state index in [0.717, 1.165) is 32.5 Å². The van der Waals surface area contributed by atoms with Crippen molar-refractivity contribution in [1.29, 1.82) is 0 Å². The van der Waals surface area contributed by atoms with Gasteiger partial charge in [-0.1, -0.05) is 13.3 Å². The van der Waals surface area contributed by atoms with Crippen LogP contribution in [-0.4, -0.2) is 32.8 Å². The molecule has 15 heavy (non-hydrogen) atoms. The maximum Gasteiger partial charge on any atom is 0.0462 e. The van der Waals surface area contributed by atoms with E-state index in [1.165, 1.54) is 19.3 Å². The Morgan fingerprint density at radius 1 is 1.47 bits per heavy atom. The molecule has 1 fully saturated rings. The molecule has 0 aliphatic heterocycles. The Balaban J connectivity index is 1.94. The molecule has 90 valence electrons. The number of hydrogen-bond donors (Lipinski definition) is 2. The second-order valence-electron chi connectivity index (χ2n) is 5.19. The summed E-state index contributed by atoms with van der Waals surface area (Å²) in [5, 5.41) is 3.49. The third kappa shape index (κ3) is 4.96. The van der Waals surface area contributed by atoms with Crippen LogP contribution in [0.15, 0.2) is 0 Å². The first-order valence-corrected chi connectivity index (χ1v) is 6.11. The zero-order chi connectivity index (χ0) is 11.1. The topological polar surface area (TPSA) is 47.3 Å². The summed E-state index contributed by atoms with van der Waals surface area (Å²) in [5.74, 6) is 0. The van der Waals surface area contributed by atoms with E-state index in [4.69, 9.17) is 10.5 Å². The average molecular weight is 214 g/mol. The van der Waals surface area contributed by atoms with Gasteiger partial charge >= 0.3 is 0 Å². The summed E-state index contributed by atoms with van der Waals surface area (Å²) >= 11 is 0. The third-order valence-electron chi connectivity index (χ3n) is 3.44. The molecule has 0 aromatic heterocycles. The number of methoxy groups -OCH3 is 1. The van der Waals surface area contributed by atoms with Gasteiger partial charge in [-0.15, -0.1) is 0 Å². The second-order valence-corrected chi connectivity index (χ2v) is 5.19. The lowest BCUT2D eigenvalue weighted by molar-refractivity contribution is 0.155. The lowest BCUT2D eigenvalue weighted by Gasteiger charge is -2.38. The molecule has 0 aromatic rings. The first kappa shape index (κ1) is 12.9. The minimum Gasteiger partial charge on any atom is -0.385 e. The molecule has 1 unspecified atom stereocenters. The fourth-order valence-corrected chi connectivity index (χ4v) is 2.11. The van der Waals surface area contributed by atoms with Crippen LogP contribution in [0.3, 0.4) is 0 Å². The van der Waals surface area contributed by atoms with E-state index in [1.54, 1.807) is 7.11 Å². The van der Waals surface area contributed by atoms with Crippen LogP contribution in [0.25, 0.3) is 0 Å². The van der Waals surface area contributed by atoms with Crippen molar-refractivity contribution in [3.63, 3.8) is 0 Å². The number of rotatable bonds is 8. The quantitative estimate of drug-likeness (QED) is 0.602. The van der Waals surface area contributed by atoms with Crippen LogP contribution in [0.1, 0.15) is 39.0 Å². The van der Waals surface area contributed by atoms with Crippen LogP contribution in [0.2, 0.25) is 0 Å². The summed E-state index contributed by atoms with van der Waals surface area (Å²) < 4.78 is 5.00. The molecule has 1 aliphatic carbocycles. The van der Waals surface area contributed by atoms with Gasteiger partial charge in [0.25, 0.3) is 0 Å². The molecule has 0 bridgehead atoms. The van der Waals surface area contributed by atoms with E-state index in [-0.39, 0.29) is 6.04 Å². The SMILES string of the molecule is COCCCC(N)CNCC1(C)CCC1. The van der Waals surface area contributed by atoms with Crippen LogP contribution in [0.5, 0.6) is 0 Å².